The van der Waals surface area contributed by atoms with Gasteiger partial charge in [-0.3, -0.25) is 4.68 Å². The molecule has 3 heteroatoms. The third-order valence-electron chi connectivity index (χ3n) is 2.82. The van der Waals surface area contributed by atoms with Crippen molar-refractivity contribution in [3.8, 4) is 0 Å². The van der Waals surface area contributed by atoms with Crippen molar-refractivity contribution in [2.24, 2.45) is 0 Å². The fraction of sp³-hybridized carbons (Fsp3) is 0.538. The smallest absolute Gasteiger partial charge is 0.112 e. The van der Waals surface area contributed by atoms with E-state index in [1.54, 1.807) is 0 Å². The van der Waals surface area contributed by atoms with Gasteiger partial charge in [-0.15, -0.1) is 0 Å². The summed E-state index contributed by atoms with van der Waals surface area (Å²) >= 11 is 0. The highest BCUT2D eigenvalue weighted by molar-refractivity contribution is 5.77. The lowest BCUT2D eigenvalue weighted by atomic mass is 10.1. The maximum absolute atomic E-state index is 4.69. The molecule has 86 valence electrons. The fourth-order valence-corrected chi connectivity index (χ4v) is 1.90. The summed E-state index contributed by atoms with van der Waals surface area (Å²) in [7, 11) is 0. The van der Waals surface area contributed by atoms with Crippen LogP contribution in [0.15, 0.2) is 12.1 Å². The first kappa shape index (κ1) is 11.1. The van der Waals surface area contributed by atoms with Crippen molar-refractivity contribution in [1.82, 2.24) is 14.8 Å². The Labute approximate surface area is 96.5 Å². The van der Waals surface area contributed by atoms with Crippen LogP contribution in [0.4, 0.5) is 0 Å². The van der Waals surface area contributed by atoms with Crippen LogP contribution in [0.1, 0.15) is 51.0 Å². The first-order valence-electron chi connectivity index (χ1n) is 5.86. The molecule has 0 saturated heterocycles. The lowest BCUT2D eigenvalue weighted by Crippen LogP contribution is -2.02. The van der Waals surface area contributed by atoms with Crippen LogP contribution >= 0.6 is 0 Å². The summed E-state index contributed by atoms with van der Waals surface area (Å²) in [6.45, 7) is 10.6. The van der Waals surface area contributed by atoms with E-state index in [2.05, 4.69) is 44.9 Å². The first-order chi connectivity index (χ1) is 7.50. The zero-order valence-corrected chi connectivity index (χ0v) is 10.7. The minimum absolute atomic E-state index is 0.378. The molecule has 2 heterocycles. The molecule has 0 bridgehead atoms. The lowest BCUT2D eigenvalue weighted by Gasteiger charge is -2.08. The van der Waals surface area contributed by atoms with E-state index in [1.165, 1.54) is 0 Å². The van der Waals surface area contributed by atoms with Gasteiger partial charge in [0.2, 0.25) is 0 Å². The lowest BCUT2D eigenvalue weighted by molar-refractivity contribution is 0.547. The second-order valence-electron chi connectivity index (χ2n) is 4.88. The minimum Gasteiger partial charge on any atom is -0.260 e. The first-order valence-corrected chi connectivity index (χ1v) is 5.86. The quantitative estimate of drug-likeness (QED) is 0.771. The third kappa shape index (κ3) is 1.70. The van der Waals surface area contributed by atoms with Crippen LogP contribution < -0.4 is 0 Å². The van der Waals surface area contributed by atoms with E-state index < -0.39 is 0 Å². The van der Waals surface area contributed by atoms with Gasteiger partial charge in [0.25, 0.3) is 0 Å². The van der Waals surface area contributed by atoms with E-state index in [-0.39, 0.29) is 0 Å². The van der Waals surface area contributed by atoms with E-state index in [1.807, 2.05) is 11.6 Å². The molecule has 2 rings (SSSR count). The fourth-order valence-electron chi connectivity index (χ4n) is 1.90. The number of hydrogen-bond acceptors (Lipinski definition) is 2. The van der Waals surface area contributed by atoms with E-state index in [9.17, 15) is 0 Å². The molecule has 0 aliphatic carbocycles. The highest BCUT2D eigenvalue weighted by Crippen LogP contribution is 2.22. The summed E-state index contributed by atoms with van der Waals surface area (Å²) in [5, 5.41) is 4.54. The van der Waals surface area contributed by atoms with Gasteiger partial charge in [0.05, 0.1) is 11.2 Å². The topological polar surface area (TPSA) is 30.7 Å². The Balaban J connectivity index is 2.67. The number of aryl methyl sites for hydroxylation is 1. The summed E-state index contributed by atoms with van der Waals surface area (Å²) in [6.07, 6.45) is 0. The molecule has 0 saturated carbocycles. The number of hydrogen-bond donors (Lipinski definition) is 0. The van der Waals surface area contributed by atoms with Gasteiger partial charge in [0.15, 0.2) is 0 Å². The molecule has 0 aromatic carbocycles. The van der Waals surface area contributed by atoms with Crippen molar-refractivity contribution >= 4 is 11.0 Å². The van der Waals surface area contributed by atoms with Crippen LogP contribution in [0.25, 0.3) is 11.0 Å². The van der Waals surface area contributed by atoms with Crippen LogP contribution in [0.2, 0.25) is 0 Å². The van der Waals surface area contributed by atoms with Gasteiger partial charge in [-0.1, -0.05) is 13.8 Å². The van der Waals surface area contributed by atoms with E-state index in [0.717, 1.165) is 22.4 Å². The van der Waals surface area contributed by atoms with Gasteiger partial charge >= 0.3 is 0 Å². The molecule has 0 amide bonds. The predicted octanol–water partition coefficient (Wildman–Crippen LogP) is 3.44. The predicted molar refractivity (Wildman–Crippen MR) is 66.7 cm³/mol. The number of rotatable bonds is 2. The maximum Gasteiger partial charge on any atom is 0.112 e. The molecule has 0 fully saturated rings. The van der Waals surface area contributed by atoms with Gasteiger partial charge in [-0.05, 0) is 38.8 Å². The summed E-state index contributed by atoms with van der Waals surface area (Å²) in [5.74, 6) is 0.464. The second kappa shape index (κ2) is 3.89. The molecule has 0 atom stereocenters. The molecule has 16 heavy (non-hydrogen) atoms. The second-order valence-corrected chi connectivity index (χ2v) is 4.88. The molecular weight excluding hydrogens is 198 g/mol. The molecule has 0 spiro atoms. The molecule has 0 radical (unpaired) electrons. The van der Waals surface area contributed by atoms with E-state index in [0.29, 0.717) is 12.0 Å². The molecule has 0 aliphatic rings. The highest BCUT2D eigenvalue weighted by Gasteiger charge is 2.12. The van der Waals surface area contributed by atoms with Crippen LogP contribution in [0, 0.1) is 6.92 Å². The van der Waals surface area contributed by atoms with E-state index in [4.69, 9.17) is 4.98 Å². The Hall–Kier alpha value is -1.38. The molecule has 3 nitrogen and oxygen atoms in total. The summed E-state index contributed by atoms with van der Waals surface area (Å²) in [4.78, 5) is 4.69. The third-order valence-corrected chi connectivity index (χ3v) is 2.82. The van der Waals surface area contributed by atoms with Crippen LogP contribution in [-0.2, 0) is 0 Å². The zero-order chi connectivity index (χ0) is 11.9. The molecule has 0 aliphatic heterocycles. The van der Waals surface area contributed by atoms with Crippen molar-refractivity contribution < 1.29 is 0 Å². The Morgan fingerprint density at radius 1 is 1.12 bits per heavy atom. The minimum atomic E-state index is 0.378. The molecule has 2 aromatic heterocycles. The monoisotopic (exact) mass is 217 g/mol. The van der Waals surface area contributed by atoms with E-state index >= 15 is 0 Å². The number of nitrogens with zero attached hydrogens (tertiary/aromatic N) is 3. The molecule has 2 aromatic rings. The largest absolute Gasteiger partial charge is 0.260 e. The van der Waals surface area contributed by atoms with Crippen LogP contribution in [-0.4, -0.2) is 14.8 Å². The summed E-state index contributed by atoms with van der Waals surface area (Å²) in [6, 6.07) is 4.62. The van der Waals surface area contributed by atoms with Crippen molar-refractivity contribution in [2.75, 3.05) is 0 Å². The Bertz CT molecular complexity index is 509. The van der Waals surface area contributed by atoms with Crippen molar-refractivity contribution in [1.29, 1.82) is 0 Å². The standard InChI is InChI=1S/C13H19N3/c1-8(2)11-6-7-12-13(14-11)10(5)15-16(12)9(3)4/h6-9H,1-5H3. The normalized spacial score (nSPS) is 11.9. The average molecular weight is 217 g/mol. The molecule has 0 unspecified atom stereocenters. The SMILES string of the molecule is Cc1nn(C(C)C)c2ccc(C(C)C)nc12. The number of aromatic nitrogens is 3. The van der Waals surface area contributed by atoms with Crippen molar-refractivity contribution in [3.05, 3.63) is 23.5 Å². The Morgan fingerprint density at radius 3 is 2.38 bits per heavy atom. The number of fused-ring (bicyclic) bond motifs is 1. The van der Waals surface area contributed by atoms with Gasteiger partial charge in [-0.2, -0.15) is 5.10 Å². The maximum atomic E-state index is 4.69. The van der Waals surface area contributed by atoms with Crippen molar-refractivity contribution in [3.63, 3.8) is 0 Å². The van der Waals surface area contributed by atoms with Crippen LogP contribution in [0.5, 0.6) is 0 Å². The average Bonchev–Trinajstić information content (AvgIpc) is 2.56. The summed E-state index contributed by atoms with van der Waals surface area (Å²) < 4.78 is 2.04. The highest BCUT2D eigenvalue weighted by atomic mass is 15.3. The number of pyridine rings is 1. The summed E-state index contributed by atoms with van der Waals surface area (Å²) in [5.41, 5.74) is 4.34. The molecular formula is C13H19N3. The zero-order valence-electron chi connectivity index (χ0n) is 10.7. The van der Waals surface area contributed by atoms with Crippen molar-refractivity contribution in [2.45, 2.75) is 46.6 Å². The van der Waals surface area contributed by atoms with Crippen LogP contribution in [0.3, 0.4) is 0 Å². The molecule has 0 N–H and O–H groups in total. The van der Waals surface area contributed by atoms with Gasteiger partial charge < -0.3 is 0 Å². The van der Waals surface area contributed by atoms with Gasteiger partial charge in [0, 0.05) is 11.7 Å². The van der Waals surface area contributed by atoms with Gasteiger partial charge in [0.1, 0.15) is 5.52 Å². The van der Waals surface area contributed by atoms with Gasteiger partial charge in [-0.25, -0.2) is 4.98 Å². The Morgan fingerprint density at radius 2 is 1.81 bits per heavy atom. The Kier molecular flexibility index (Phi) is 2.70.